The molecule has 3 aliphatic carbocycles. The van der Waals surface area contributed by atoms with Gasteiger partial charge in [0.1, 0.15) is 5.75 Å². The number of likely N-dealkylation sites (N-methyl/N-ethyl adjacent to an activating group) is 1. The third kappa shape index (κ3) is 3.83. The highest BCUT2D eigenvalue weighted by molar-refractivity contribution is 6.43. The summed E-state index contributed by atoms with van der Waals surface area (Å²) in [6.07, 6.45) is -0.276. The summed E-state index contributed by atoms with van der Waals surface area (Å²) in [6.45, 7) is 0.956. The van der Waals surface area contributed by atoms with Crippen LogP contribution in [0.15, 0.2) is 12.1 Å². The number of nitrogens with two attached hydrogens (primary N) is 1. The van der Waals surface area contributed by atoms with Crippen molar-refractivity contribution >= 4 is 40.7 Å². The molecule has 13 nitrogen and oxygen atoms in total. The Labute approximate surface area is 228 Å². The maximum absolute atomic E-state index is 13.8. The minimum atomic E-state index is -2.84. The largest absolute Gasteiger partial charge is 0.507 e. The lowest BCUT2D eigenvalue weighted by molar-refractivity contribution is -0.181. The van der Waals surface area contributed by atoms with Crippen LogP contribution in [0.5, 0.6) is 5.75 Å². The lowest BCUT2D eigenvalue weighted by Crippen LogP contribution is -2.74. The molecule has 4 N–H and O–H groups in total. The summed E-state index contributed by atoms with van der Waals surface area (Å²) < 4.78 is 5.22. The number of nitrogens with zero attached hydrogens (tertiary/aromatic N) is 2. The van der Waals surface area contributed by atoms with Crippen LogP contribution in [0.2, 0.25) is 0 Å². The Kier molecular flexibility index (Phi) is 6.71. The highest BCUT2D eigenvalue weighted by Crippen LogP contribution is 2.51. The summed E-state index contributed by atoms with van der Waals surface area (Å²) in [5.74, 6) is -13.7. The van der Waals surface area contributed by atoms with Crippen LogP contribution in [0, 0.1) is 23.7 Å². The number of fused-ring (bicyclic) bond motifs is 3. The van der Waals surface area contributed by atoms with Crippen molar-refractivity contribution in [3.8, 4) is 5.75 Å². The fraction of sp³-hybridized carbons (Fsp3) is 0.519. The van der Waals surface area contributed by atoms with E-state index < -0.39 is 81.8 Å². The number of rotatable bonds is 4. The number of ketones is 5. The molecule has 1 aliphatic heterocycles. The van der Waals surface area contributed by atoms with Crippen LogP contribution in [0.4, 0.5) is 0 Å². The number of phenolic OH excluding ortho intramolecular Hbond substituents is 1. The van der Waals surface area contributed by atoms with Crippen LogP contribution in [-0.4, -0.2) is 113 Å². The number of primary amides is 1. The lowest BCUT2D eigenvalue weighted by Gasteiger charge is -2.52. The number of carbonyl (C=O) groups is 7. The number of morpholine rings is 1. The van der Waals surface area contributed by atoms with E-state index in [9.17, 15) is 43.8 Å². The normalized spacial score (nSPS) is 31.9. The average Bonchev–Trinajstić information content (AvgIpc) is 2.90. The molecule has 2 amide bonds. The van der Waals surface area contributed by atoms with Crippen LogP contribution in [-0.2, 0) is 35.1 Å². The molecule has 0 bridgehead atoms. The van der Waals surface area contributed by atoms with Gasteiger partial charge in [0.2, 0.25) is 5.91 Å². The van der Waals surface area contributed by atoms with E-state index in [0.29, 0.717) is 0 Å². The average molecular weight is 556 g/mol. The highest BCUT2D eigenvalue weighted by Gasteiger charge is 2.69. The van der Waals surface area contributed by atoms with E-state index in [2.05, 4.69) is 0 Å². The van der Waals surface area contributed by atoms with Crippen molar-refractivity contribution in [2.75, 3.05) is 40.4 Å². The van der Waals surface area contributed by atoms with E-state index in [1.54, 1.807) is 0 Å². The maximum Gasteiger partial charge on any atom is 0.295 e. The Bertz CT molecular complexity index is 1380. The van der Waals surface area contributed by atoms with Gasteiger partial charge in [-0.1, -0.05) is 0 Å². The first kappa shape index (κ1) is 27.7. The molecule has 1 saturated heterocycles. The number of aromatic hydroxyl groups is 1. The van der Waals surface area contributed by atoms with Gasteiger partial charge in [0.05, 0.1) is 30.7 Å². The molecule has 1 aromatic rings. The number of carbonyl (C=O) groups excluding carboxylic acids is 7. The van der Waals surface area contributed by atoms with E-state index in [-0.39, 0.29) is 55.8 Å². The zero-order valence-electron chi connectivity index (χ0n) is 21.9. The quantitative estimate of drug-likeness (QED) is 0.209. The van der Waals surface area contributed by atoms with Gasteiger partial charge in [-0.3, -0.25) is 38.5 Å². The van der Waals surface area contributed by atoms with Gasteiger partial charge in [0, 0.05) is 24.6 Å². The van der Waals surface area contributed by atoms with Crippen molar-refractivity contribution in [2.45, 2.75) is 24.5 Å². The Balaban J connectivity index is 1.58. The van der Waals surface area contributed by atoms with Crippen LogP contribution < -0.4 is 5.73 Å². The maximum atomic E-state index is 13.8. The summed E-state index contributed by atoms with van der Waals surface area (Å²) in [4.78, 5) is 95.1. The lowest BCUT2D eigenvalue weighted by atomic mass is 9.52. The number of Topliss-reactive ketones (excluding diaryl/α,β-unsaturated/α-hetero) is 5. The molecule has 40 heavy (non-hydrogen) atoms. The topological polar surface area (TPSA) is 202 Å². The summed E-state index contributed by atoms with van der Waals surface area (Å²) in [5, 5.41) is 22.2. The van der Waals surface area contributed by atoms with Crippen molar-refractivity contribution in [3.05, 3.63) is 28.8 Å². The van der Waals surface area contributed by atoms with Crippen LogP contribution in [0.25, 0.3) is 0 Å². The van der Waals surface area contributed by atoms with Gasteiger partial charge in [-0.05, 0) is 50.6 Å². The number of hydrogen-bond donors (Lipinski definition) is 3. The first-order chi connectivity index (χ1) is 18.8. The molecule has 4 unspecified atom stereocenters. The minimum absolute atomic E-state index is 0.0842. The Morgan fingerprint density at radius 3 is 2.33 bits per heavy atom. The van der Waals surface area contributed by atoms with E-state index in [4.69, 9.17) is 10.5 Å². The molecule has 1 aromatic carbocycles. The molecule has 212 valence electrons. The second-order valence-electron chi connectivity index (χ2n) is 11.0. The van der Waals surface area contributed by atoms with E-state index in [0.717, 1.165) is 6.07 Å². The summed E-state index contributed by atoms with van der Waals surface area (Å²) in [7, 11) is 2.97. The fourth-order valence-corrected chi connectivity index (χ4v) is 6.84. The number of ether oxygens (including phenoxy) is 1. The van der Waals surface area contributed by atoms with Gasteiger partial charge in [-0.15, -0.1) is 0 Å². The third-order valence-electron chi connectivity index (χ3n) is 8.68. The van der Waals surface area contributed by atoms with Crippen molar-refractivity contribution in [1.82, 2.24) is 9.80 Å². The molecular formula is C27H29N3O10. The Morgan fingerprint density at radius 2 is 1.73 bits per heavy atom. The molecule has 0 spiro atoms. The van der Waals surface area contributed by atoms with Gasteiger partial charge in [-0.2, -0.15) is 0 Å². The first-order valence-electron chi connectivity index (χ1n) is 12.9. The molecule has 0 radical (unpaired) electrons. The predicted octanol–water partition coefficient (Wildman–Crippen LogP) is -2.09. The second-order valence-corrected chi connectivity index (χ2v) is 11.0. The van der Waals surface area contributed by atoms with E-state index in [1.807, 2.05) is 0 Å². The van der Waals surface area contributed by atoms with Gasteiger partial charge in [-0.25, -0.2) is 0 Å². The SMILES string of the molecule is CN(C)C1C(=O)C(C(N)=O)C(=O)C2(O)C(=O)C3C(=O)c4c(O)ccc(C(=O)C(=O)N5CCOCC5)c4C[C@H]3C[C@@H]12. The Morgan fingerprint density at radius 1 is 1.07 bits per heavy atom. The molecule has 1 heterocycles. The molecular weight excluding hydrogens is 526 g/mol. The molecule has 5 rings (SSSR count). The van der Waals surface area contributed by atoms with Crippen LogP contribution in [0.3, 0.4) is 0 Å². The number of hydrogen-bond acceptors (Lipinski definition) is 11. The van der Waals surface area contributed by atoms with E-state index in [1.165, 1.54) is 30.0 Å². The molecule has 4 aliphatic rings. The highest BCUT2D eigenvalue weighted by atomic mass is 16.5. The van der Waals surface area contributed by atoms with Gasteiger partial charge >= 0.3 is 0 Å². The molecule has 3 fully saturated rings. The molecule has 2 saturated carbocycles. The van der Waals surface area contributed by atoms with Gasteiger partial charge < -0.3 is 25.6 Å². The third-order valence-corrected chi connectivity index (χ3v) is 8.68. The Hall–Kier alpha value is -3.81. The molecule has 0 aromatic heterocycles. The van der Waals surface area contributed by atoms with Crippen molar-refractivity contribution in [3.63, 3.8) is 0 Å². The monoisotopic (exact) mass is 555 g/mol. The minimum Gasteiger partial charge on any atom is -0.507 e. The standard InChI is InChI=1S/C27H29N3O10/c1-29(2)19-14-10-11-9-13-12(20(32)26(38)30-5-7-40-8-6-30)3-4-15(31)17(13)21(33)16(11)23(35)27(14,39)24(36)18(22(19)34)25(28)37/h3-4,11,14,16,18-19,31,39H,5-10H2,1-2H3,(H2,28,37)/t11-,14-,16?,18?,19?,27?/m0/s1. The number of amides is 2. The number of phenols is 1. The number of aliphatic hydroxyl groups is 1. The summed E-state index contributed by atoms with van der Waals surface area (Å²) >= 11 is 0. The van der Waals surface area contributed by atoms with Crippen molar-refractivity contribution in [1.29, 1.82) is 0 Å². The van der Waals surface area contributed by atoms with Crippen LogP contribution >= 0.6 is 0 Å². The van der Waals surface area contributed by atoms with Crippen molar-refractivity contribution < 1.29 is 48.5 Å². The fourth-order valence-electron chi connectivity index (χ4n) is 6.84. The first-order valence-corrected chi connectivity index (χ1v) is 12.9. The van der Waals surface area contributed by atoms with Crippen LogP contribution in [0.1, 0.15) is 32.7 Å². The zero-order chi connectivity index (χ0) is 29.3. The van der Waals surface area contributed by atoms with Gasteiger partial charge in [0.15, 0.2) is 34.7 Å². The van der Waals surface area contributed by atoms with E-state index >= 15 is 0 Å². The van der Waals surface area contributed by atoms with Gasteiger partial charge in [0.25, 0.3) is 11.7 Å². The smallest absolute Gasteiger partial charge is 0.295 e. The number of benzene rings is 1. The predicted molar refractivity (Wildman–Crippen MR) is 133 cm³/mol. The molecule has 6 atom stereocenters. The summed E-state index contributed by atoms with van der Waals surface area (Å²) in [6, 6.07) is 1.09. The summed E-state index contributed by atoms with van der Waals surface area (Å²) in [5.41, 5.74) is 2.11. The van der Waals surface area contributed by atoms with Crippen molar-refractivity contribution in [2.24, 2.45) is 29.4 Å². The molecule has 13 heteroatoms. The zero-order valence-corrected chi connectivity index (χ0v) is 21.9. The second kappa shape index (κ2) is 9.68.